The van der Waals surface area contributed by atoms with Gasteiger partial charge in [-0.25, -0.2) is 0 Å². The van der Waals surface area contributed by atoms with Gasteiger partial charge < -0.3 is 21.1 Å². The molecule has 0 aliphatic carbocycles. The average Bonchev–Trinajstić information content (AvgIpc) is 2.12. The van der Waals surface area contributed by atoms with Crippen LogP contribution in [0.25, 0.3) is 0 Å². The number of aliphatic hydroxyl groups is 1. The van der Waals surface area contributed by atoms with Crippen LogP contribution in [-0.2, 0) is 0 Å². The van der Waals surface area contributed by atoms with Crippen molar-refractivity contribution in [1.29, 1.82) is 0 Å². The number of aliphatic hydroxyl groups excluding tert-OH is 1. The molecule has 0 aliphatic rings. The Morgan fingerprint density at radius 2 is 1.50 bits per heavy atom. The zero-order valence-corrected chi connectivity index (χ0v) is 9.81. The lowest BCUT2D eigenvalue weighted by molar-refractivity contribution is 0.0400. The Morgan fingerprint density at radius 1 is 1.06 bits per heavy atom. The molecule has 0 radical (unpaired) electrons. The molecular weight excluding hydrogens is 206 g/mol. The summed E-state index contributed by atoms with van der Waals surface area (Å²) in [5.74, 6) is -0.127. The van der Waals surface area contributed by atoms with Gasteiger partial charge >= 0.3 is 0 Å². The first-order chi connectivity index (χ1) is 7.21. The van der Waals surface area contributed by atoms with Crippen molar-refractivity contribution >= 4 is 0 Å². The van der Waals surface area contributed by atoms with Gasteiger partial charge in [0.2, 0.25) is 0 Å². The minimum atomic E-state index is -0.756. The van der Waals surface area contributed by atoms with E-state index >= 15 is 0 Å². The molecule has 1 aromatic rings. The third-order valence-corrected chi connectivity index (χ3v) is 2.54. The quantitative estimate of drug-likeness (QED) is 0.614. The Bertz CT molecular complexity index is 351. The number of benzene rings is 1. The molecule has 16 heavy (non-hydrogen) atoms. The molecule has 90 valence electrons. The largest absolute Gasteiger partial charge is 0.508 e. The molecule has 0 heterocycles. The summed E-state index contributed by atoms with van der Waals surface area (Å²) in [6.45, 7) is 5.63. The van der Waals surface area contributed by atoms with Gasteiger partial charge in [-0.2, -0.15) is 0 Å². The maximum absolute atomic E-state index is 10.0. The smallest absolute Gasteiger partial charge is 0.119 e. The van der Waals surface area contributed by atoms with Gasteiger partial charge in [0.05, 0.1) is 12.1 Å². The monoisotopic (exact) mass is 225 g/mol. The Labute approximate surface area is 95.3 Å². The Hall–Kier alpha value is -1.26. The summed E-state index contributed by atoms with van der Waals surface area (Å²) < 4.78 is 0. The molecule has 0 saturated carbocycles. The Morgan fingerprint density at radius 3 is 1.88 bits per heavy atom. The van der Waals surface area contributed by atoms with Gasteiger partial charge in [0.15, 0.2) is 0 Å². The predicted molar refractivity (Wildman–Crippen MR) is 62.2 cm³/mol. The first-order valence-electron chi connectivity index (χ1n) is 5.18. The van der Waals surface area contributed by atoms with Crippen LogP contribution in [0.4, 0.5) is 0 Å². The second kappa shape index (κ2) is 4.31. The van der Waals surface area contributed by atoms with Crippen LogP contribution in [0, 0.1) is 5.41 Å². The highest BCUT2D eigenvalue weighted by atomic mass is 16.3. The number of phenols is 2. The first kappa shape index (κ1) is 12.8. The molecule has 0 bridgehead atoms. The zero-order chi connectivity index (χ0) is 12.5. The van der Waals surface area contributed by atoms with Crippen LogP contribution in [0.15, 0.2) is 18.2 Å². The summed E-state index contributed by atoms with van der Waals surface area (Å²) >= 11 is 0. The molecular formula is C12H19NO3. The molecule has 0 amide bonds. The second-order valence-electron chi connectivity index (χ2n) is 5.12. The van der Waals surface area contributed by atoms with E-state index in [1.807, 2.05) is 20.8 Å². The SMILES string of the molecule is CC(C)(C)[C@H](O)[C@H](N)c1cc(O)cc(O)c1. The van der Waals surface area contributed by atoms with Crippen molar-refractivity contribution in [3.8, 4) is 11.5 Å². The Balaban J connectivity index is 3.00. The maximum Gasteiger partial charge on any atom is 0.119 e. The summed E-state index contributed by atoms with van der Waals surface area (Å²) in [5, 5.41) is 28.7. The van der Waals surface area contributed by atoms with Crippen molar-refractivity contribution in [2.45, 2.75) is 32.9 Å². The lowest BCUT2D eigenvalue weighted by Gasteiger charge is -2.31. The summed E-state index contributed by atoms with van der Waals surface area (Å²) in [6, 6.07) is 3.47. The highest BCUT2D eigenvalue weighted by Gasteiger charge is 2.29. The molecule has 5 N–H and O–H groups in total. The van der Waals surface area contributed by atoms with Crippen molar-refractivity contribution in [2.24, 2.45) is 11.1 Å². The fraction of sp³-hybridized carbons (Fsp3) is 0.500. The fourth-order valence-corrected chi connectivity index (χ4v) is 1.53. The number of hydrogen-bond donors (Lipinski definition) is 4. The van der Waals surface area contributed by atoms with E-state index in [9.17, 15) is 15.3 Å². The minimum absolute atomic E-state index is 0.0634. The lowest BCUT2D eigenvalue weighted by atomic mass is 9.82. The molecule has 4 heteroatoms. The third-order valence-electron chi connectivity index (χ3n) is 2.54. The van der Waals surface area contributed by atoms with Crippen LogP contribution in [-0.4, -0.2) is 21.4 Å². The van der Waals surface area contributed by atoms with Crippen LogP contribution in [0.2, 0.25) is 0 Å². The van der Waals surface area contributed by atoms with Crippen LogP contribution in [0.5, 0.6) is 11.5 Å². The third kappa shape index (κ3) is 2.87. The topological polar surface area (TPSA) is 86.7 Å². The predicted octanol–water partition coefficient (Wildman–Crippen LogP) is 1.50. The van der Waals surface area contributed by atoms with Crippen molar-refractivity contribution in [3.05, 3.63) is 23.8 Å². The normalized spacial score (nSPS) is 15.8. The van der Waals surface area contributed by atoms with E-state index < -0.39 is 12.1 Å². The average molecular weight is 225 g/mol. The summed E-state index contributed by atoms with van der Waals surface area (Å²) in [6.07, 6.45) is -0.756. The molecule has 0 spiro atoms. The van der Waals surface area contributed by atoms with E-state index in [-0.39, 0.29) is 16.9 Å². The molecule has 1 aromatic carbocycles. The van der Waals surface area contributed by atoms with Crippen molar-refractivity contribution < 1.29 is 15.3 Å². The molecule has 1 rings (SSSR count). The van der Waals surface area contributed by atoms with Gasteiger partial charge in [-0.3, -0.25) is 0 Å². The molecule has 4 nitrogen and oxygen atoms in total. The van der Waals surface area contributed by atoms with Crippen molar-refractivity contribution in [1.82, 2.24) is 0 Å². The van der Waals surface area contributed by atoms with E-state index in [1.165, 1.54) is 18.2 Å². The number of rotatable bonds is 2. The Kier molecular flexibility index (Phi) is 3.45. The van der Waals surface area contributed by atoms with Gasteiger partial charge in [0.25, 0.3) is 0 Å². The highest BCUT2D eigenvalue weighted by Crippen LogP contribution is 2.31. The van der Waals surface area contributed by atoms with E-state index in [1.54, 1.807) is 0 Å². The van der Waals surface area contributed by atoms with Crippen LogP contribution in [0.1, 0.15) is 32.4 Å². The number of aromatic hydroxyl groups is 2. The van der Waals surface area contributed by atoms with Gasteiger partial charge in [-0.15, -0.1) is 0 Å². The van der Waals surface area contributed by atoms with Crippen molar-refractivity contribution in [2.75, 3.05) is 0 Å². The highest BCUT2D eigenvalue weighted by molar-refractivity contribution is 5.38. The fourth-order valence-electron chi connectivity index (χ4n) is 1.53. The molecule has 0 saturated heterocycles. The maximum atomic E-state index is 10.0. The summed E-state index contributed by atoms with van der Waals surface area (Å²) in [5.41, 5.74) is 6.04. The van der Waals surface area contributed by atoms with Gasteiger partial charge in [-0.05, 0) is 23.1 Å². The van der Waals surface area contributed by atoms with Crippen LogP contribution in [0.3, 0.4) is 0 Å². The van der Waals surface area contributed by atoms with Crippen molar-refractivity contribution in [3.63, 3.8) is 0 Å². The summed E-state index contributed by atoms with van der Waals surface area (Å²) in [4.78, 5) is 0. The van der Waals surface area contributed by atoms with E-state index in [0.29, 0.717) is 5.56 Å². The standard InChI is InChI=1S/C12H19NO3/c1-12(2,3)11(16)10(13)7-4-8(14)6-9(15)5-7/h4-6,10-11,14-16H,13H2,1-3H3/t10-,11-/m1/s1. The lowest BCUT2D eigenvalue weighted by Crippen LogP contribution is -2.36. The van der Waals surface area contributed by atoms with Crippen LogP contribution >= 0.6 is 0 Å². The number of nitrogens with two attached hydrogens (primary N) is 1. The van der Waals surface area contributed by atoms with Gasteiger partial charge in [0, 0.05) is 6.07 Å². The van der Waals surface area contributed by atoms with Gasteiger partial charge in [0.1, 0.15) is 11.5 Å². The van der Waals surface area contributed by atoms with E-state index in [4.69, 9.17) is 5.73 Å². The molecule has 0 fully saturated rings. The number of phenolic OH excluding ortho intramolecular Hbond substituents is 2. The minimum Gasteiger partial charge on any atom is -0.508 e. The summed E-state index contributed by atoms with van der Waals surface area (Å²) in [7, 11) is 0. The van der Waals surface area contributed by atoms with Gasteiger partial charge in [-0.1, -0.05) is 20.8 Å². The van der Waals surface area contributed by atoms with Crippen LogP contribution < -0.4 is 5.73 Å². The zero-order valence-electron chi connectivity index (χ0n) is 9.81. The van der Waals surface area contributed by atoms with E-state index in [2.05, 4.69) is 0 Å². The van der Waals surface area contributed by atoms with E-state index in [0.717, 1.165) is 0 Å². The molecule has 2 atom stereocenters. The number of hydrogen-bond acceptors (Lipinski definition) is 4. The molecule has 0 unspecified atom stereocenters. The molecule has 0 aliphatic heterocycles. The molecule has 0 aromatic heterocycles. The first-order valence-corrected chi connectivity index (χ1v) is 5.18. The second-order valence-corrected chi connectivity index (χ2v) is 5.12.